The smallest absolute Gasteiger partial charge is 0.310 e. The second kappa shape index (κ2) is 6.47. The van der Waals surface area contributed by atoms with Crippen molar-refractivity contribution in [1.29, 1.82) is 0 Å². The van der Waals surface area contributed by atoms with Gasteiger partial charge in [-0.3, -0.25) is 9.59 Å². The van der Waals surface area contributed by atoms with E-state index < -0.39 is 6.10 Å². The molecule has 1 aromatic rings. The number of hydrogen-bond donors (Lipinski definition) is 1. The zero-order chi connectivity index (χ0) is 17.6. The molecule has 1 amide bonds. The molecule has 1 N–H and O–H groups in total. The van der Waals surface area contributed by atoms with Gasteiger partial charge in [-0.1, -0.05) is 17.7 Å². The molecule has 0 heterocycles. The van der Waals surface area contributed by atoms with Gasteiger partial charge in [-0.05, 0) is 81.8 Å². The predicted octanol–water partition coefficient (Wildman–Crippen LogP) is 3.94. The van der Waals surface area contributed by atoms with Gasteiger partial charge in [0.15, 0.2) is 6.10 Å². The van der Waals surface area contributed by atoms with Gasteiger partial charge in [0.2, 0.25) is 0 Å². The molecule has 5 rings (SSSR count). The van der Waals surface area contributed by atoms with E-state index in [4.69, 9.17) is 4.74 Å². The Bertz CT molecular complexity index is 638. The van der Waals surface area contributed by atoms with Gasteiger partial charge in [-0.15, -0.1) is 0 Å². The topological polar surface area (TPSA) is 55.4 Å². The zero-order valence-corrected chi connectivity index (χ0v) is 15.0. The number of rotatable bonds is 4. The maximum absolute atomic E-state index is 12.7. The van der Waals surface area contributed by atoms with Crippen LogP contribution in [0.4, 0.5) is 5.69 Å². The molecule has 0 aromatic heterocycles. The van der Waals surface area contributed by atoms with Crippen LogP contribution < -0.4 is 5.32 Å². The lowest BCUT2D eigenvalue weighted by atomic mass is 9.52. The summed E-state index contributed by atoms with van der Waals surface area (Å²) >= 11 is 0. The van der Waals surface area contributed by atoms with E-state index in [1.54, 1.807) is 6.92 Å². The van der Waals surface area contributed by atoms with Gasteiger partial charge in [0.1, 0.15) is 0 Å². The minimum absolute atomic E-state index is 0.0161. The number of amides is 1. The SMILES string of the molecule is Cc1ccc(NC(=O)[C@@H](C)OC(=O)C2C3CC4CC(C3)CC2C4)cc1. The molecule has 0 unspecified atom stereocenters. The molecule has 4 saturated carbocycles. The highest BCUT2D eigenvalue weighted by atomic mass is 16.5. The van der Waals surface area contributed by atoms with Gasteiger partial charge in [0.05, 0.1) is 5.92 Å². The molecule has 0 saturated heterocycles. The van der Waals surface area contributed by atoms with Crippen LogP contribution in [-0.4, -0.2) is 18.0 Å². The van der Waals surface area contributed by atoms with Crippen molar-refractivity contribution in [2.75, 3.05) is 5.32 Å². The highest BCUT2D eigenvalue weighted by Gasteiger charge is 2.51. The number of carbonyl (C=O) groups excluding carboxylic acids is 2. The molecule has 4 aliphatic carbocycles. The van der Waals surface area contributed by atoms with Crippen molar-refractivity contribution in [3.63, 3.8) is 0 Å². The van der Waals surface area contributed by atoms with Crippen LogP contribution in [0.1, 0.15) is 44.6 Å². The molecule has 4 heteroatoms. The van der Waals surface area contributed by atoms with E-state index in [9.17, 15) is 9.59 Å². The summed E-state index contributed by atoms with van der Waals surface area (Å²) in [6.45, 7) is 3.67. The van der Waals surface area contributed by atoms with Crippen molar-refractivity contribution >= 4 is 17.6 Å². The summed E-state index contributed by atoms with van der Waals surface area (Å²) in [5.74, 6) is 2.22. The van der Waals surface area contributed by atoms with Crippen LogP contribution in [0.2, 0.25) is 0 Å². The van der Waals surface area contributed by atoms with E-state index in [2.05, 4.69) is 5.32 Å². The fourth-order valence-electron chi connectivity index (χ4n) is 5.50. The Morgan fingerprint density at radius 2 is 1.56 bits per heavy atom. The van der Waals surface area contributed by atoms with Gasteiger partial charge in [0.25, 0.3) is 5.91 Å². The lowest BCUT2D eigenvalue weighted by Gasteiger charge is -2.53. The molecule has 1 aromatic carbocycles. The first-order valence-electron chi connectivity index (χ1n) is 9.57. The van der Waals surface area contributed by atoms with Gasteiger partial charge < -0.3 is 10.1 Å². The summed E-state index contributed by atoms with van der Waals surface area (Å²) in [5.41, 5.74) is 1.87. The van der Waals surface area contributed by atoms with Crippen LogP contribution in [-0.2, 0) is 14.3 Å². The number of anilines is 1. The van der Waals surface area contributed by atoms with Crippen LogP contribution in [0.15, 0.2) is 24.3 Å². The summed E-state index contributed by atoms with van der Waals surface area (Å²) in [4.78, 5) is 25.1. The largest absolute Gasteiger partial charge is 0.452 e. The van der Waals surface area contributed by atoms with Crippen LogP contribution in [0.3, 0.4) is 0 Å². The number of esters is 1. The van der Waals surface area contributed by atoms with E-state index >= 15 is 0 Å². The molecule has 0 spiro atoms. The Morgan fingerprint density at radius 3 is 2.12 bits per heavy atom. The van der Waals surface area contributed by atoms with Crippen LogP contribution in [0.25, 0.3) is 0 Å². The molecule has 4 fully saturated rings. The molecule has 25 heavy (non-hydrogen) atoms. The average molecular weight is 341 g/mol. The van der Waals surface area contributed by atoms with Crippen molar-refractivity contribution in [2.45, 2.75) is 52.1 Å². The summed E-state index contributed by atoms with van der Waals surface area (Å²) < 4.78 is 5.58. The minimum atomic E-state index is -0.758. The Balaban J connectivity index is 1.35. The van der Waals surface area contributed by atoms with E-state index in [-0.39, 0.29) is 17.8 Å². The Labute approximate surface area is 149 Å². The zero-order valence-electron chi connectivity index (χ0n) is 15.0. The van der Waals surface area contributed by atoms with E-state index in [0.29, 0.717) is 11.8 Å². The highest BCUT2D eigenvalue weighted by molar-refractivity contribution is 5.95. The molecule has 1 atom stereocenters. The maximum Gasteiger partial charge on any atom is 0.310 e. The summed E-state index contributed by atoms with van der Waals surface area (Å²) in [6, 6.07) is 7.61. The van der Waals surface area contributed by atoms with Gasteiger partial charge in [-0.2, -0.15) is 0 Å². The number of ether oxygens (including phenoxy) is 1. The fraction of sp³-hybridized carbons (Fsp3) is 0.619. The number of carbonyl (C=O) groups is 2. The summed E-state index contributed by atoms with van der Waals surface area (Å²) in [5, 5.41) is 2.83. The van der Waals surface area contributed by atoms with Crippen LogP contribution in [0.5, 0.6) is 0 Å². The van der Waals surface area contributed by atoms with Crippen molar-refractivity contribution < 1.29 is 14.3 Å². The average Bonchev–Trinajstić information content (AvgIpc) is 2.55. The molecular weight excluding hydrogens is 314 g/mol. The van der Waals surface area contributed by atoms with Crippen molar-refractivity contribution in [2.24, 2.45) is 29.6 Å². The second-order valence-corrected chi connectivity index (χ2v) is 8.39. The second-order valence-electron chi connectivity index (χ2n) is 8.39. The van der Waals surface area contributed by atoms with Gasteiger partial charge in [0, 0.05) is 5.69 Å². The van der Waals surface area contributed by atoms with Gasteiger partial charge >= 0.3 is 5.97 Å². The normalized spacial score (nSPS) is 33.8. The fourth-order valence-corrected chi connectivity index (χ4v) is 5.50. The quantitative estimate of drug-likeness (QED) is 0.844. The summed E-state index contributed by atoms with van der Waals surface area (Å²) in [7, 11) is 0. The van der Waals surface area contributed by atoms with Crippen molar-refractivity contribution in [3.8, 4) is 0 Å². The highest BCUT2D eigenvalue weighted by Crippen LogP contribution is 2.56. The Morgan fingerprint density at radius 1 is 1.00 bits per heavy atom. The first kappa shape index (κ1) is 16.6. The maximum atomic E-state index is 12.7. The third-order valence-electron chi connectivity index (χ3n) is 6.48. The molecule has 0 radical (unpaired) electrons. The molecule has 4 bridgehead atoms. The first-order chi connectivity index (χ1) is 12.0. The molecular formula is C21H27NO3. The number of aryl methyl sites for hydroxylation is 1. The van der Waals surface area contributed by atoms with Gasteiger partial charge in [-0.25, -0.2) is 0 Å². The van der Waals surface area contributed by atoms with E-state index in [1.165, 1.54) is 32.1 Å². The molecule has 0 aliphatic heterocycles. The van der Waals surface area contributed by atoms with E-state index in [0.717, 1.165) is 23.1 Å². The van der Waals surface area contributed by atoms with Crippen molar-refractivity contribution in [1.82, 2.24) is 0 Å². The van der Waals surface area contributed by atoms with Crippen LogP contribution >= 0.6 is 0 Å². The first-order valence-corrected chi connectivity index (χ1v) is 9.57. The minimum Gasteiger partial charge on any atom is -0.452 e. The summed E-state index contributed by atoms with van der Waals surface area (Å²) in [6.07, 6.45) is 5.32. The Hall–Kier alpha value is -1.84. The third kappa shape index (κ3) is 3.31. The Kier molecular flexibility index (Phi) is 4.30. The van der Waals surface area contributed by atoms with Crippen molar-refractivity contribution in [3.05, 3.63) is 29.8 Å². The number of benzene rings is 1. The third-order valence-corrected chi connectivity index (χ3v) is 6.48. The monoisotopic (exact) mass is 341 g/mol. The predicted molar refractivity (Wildman–Crippen MR) is 95.9 cm³/mol. The number of nitrogens with one attached hydrogen (secondary N) is 1. The van der Waals surface area contributed by atoms with Crippen LogP contribution in [0, 0.1) is 36.5 Å². The molecule has 134 valence electrons. The van der Waals surface area contributed by atoms with E-state index in [1.807, 2.05) is 31.2 Å². The standard InChI is InChI=1S/C21H27NO3/c1-12-3-5-18(6-4-12)22-20(23)13(2)25-21(24)19-16-8-14-7-15(10-16)11-17(19)9-14/h3-6,13-17,19H,7-11H2,1-2H3,(H,22,23)/t13-,14?,15?,16?,17?,19?/m1/s1. The molecule has 4 nitrogen and oxygen atoms in total. The lowest BCUT2D eigenvalue weighted by Crippen LogP contribution is -2.49. The molecule has 4 aliphatic rings. The lowest BCUT2D eigenvalue weighted by molar-refractivity contribution is -0.169. The number of hydrogen-bond acceptors (Lipinski definition) is 3.